The van der Waals surface area contributed by atoms with Gasteiger partial charge in [-0.1, -0.05) is 0 Å². The molecule has 1 unspecified atom stereocenters. The zero-order valence-electron chi connectivity index (χ0n) is 6.73. The molecule has 7 nitrogen and oxygen atoms in total. The summed E-state index contributed by atoms with van der Waals surface area (Å²) in [4.78, 5) is 0. The van der Waals surface area contributed by atoms with Crippen LogP contribution in [0.4, 0.5) is 0 Å². The molecule has 1 aliphatic heterocycles. The monoisotopic (exact) mass is 228 g/mol. The molecule has 0 aromatic rings. The van der Waals surface area contributed by atoms with E-state index in [4.69, 9.17) is 0 Å². The molecule has 0 aromatic heterocycles. The van der Waals surface area contributed by atoms with Gasteiger partial charge in [-0.3, -0.25) is 4.21 Å². The molecule has 0 spiro atoms. The van der Waals surface area contributed by atoms with Crippen molar-refractivity contribution >= 4 is 21.5 Å². The van der Waals surface area contributed by atoms with Crippen molar-refractivity contribution in [1.29, 1.82) is 0 Å². The van der Waals surface area contributed by atoms with Crippen LogP contribution in [-0.4, -0.2) is 47.7 Å². The average molecular weight is 228 g/mol. The summed E-state index contributed by atoms with van der Waals surface area (Å²) in [6.07, 6.45) is 0. The fraction of sp³-hybridized carbons (Fsp3) is 1.00. The van der Waals surface area contributed by atoms with Gasteiger partial charge in [0.05, 0.1) is 0 Å². The molecule has 9 heteroatoms. The molecule has 0 aromatic carbocycles. The number of piperazine rings is 1. The minimum absolute atomic E-state index is 0.284. The van der Waals surface area contributed by atoms with E-state index in [2.05, 4.69) is 5.32 Å². The van der Waals surface area contributed by atoms with Crippen LogP contribution in [0, 0.1) is 0 Å². The van der Waals surface area contributed by atoms with Gasteiger partial charge in [-0.2, -0.15) is 12.7 Å². The van der Waals surface area contributed by atoms with Crippen molar-refractivity contribution in [3.8, 4) is 0 Å². The van der Waals surface area contributed by atoms with Gasteiger partial charge >= 0.3 is 0 Å². The minimum atomic E-state index is -3.85. The number of hydrogen-bond donors (Lipinski definition) is 2. The van der Waals surface area contributed by atoms with E-state index < -0.39 is 21.5 Å². The summed E-state index contributed by atoms with van der Waals surface area (Å²) in [5.74, 6) is 0. The van der Waals surface area contributed by atoms with E-state index in [1.54, 1.807) is 0 Å². The Balaban J connectivity index is 2.62. The minimum Gasteiger partial charge on any atom is -0.759 e. The SMILES string of the molecule is O=S([O-])NS(=O)(=O)N1CCNCC1. The molecule has 0 aliphatic carbocycles. The number of rotatable bonds is 3. The summed E-state index contributed by atoms with van der Waals surface area (Å²) in [7, 11) is -3.85. The lowest BCUT2D eigenvalue weighted by Crippen LogP contribution is -2.50. The van der Waals surface area contributed by atoms with Crippen LogP contribution in [0.3, 0.4) is 0 Å². The summed E-state index contributed by atoms with van der Waals surface area (Å²) >= 11 is -2.79. The maximum absolute atomic E-state index is 11.2. The molecule has 0 saturated carbocycles. The second kappa shape index (κ2) is 4.44. The van der Waals surface area contributed by atoms with Crippen molar-refractivity contribution in [3.63, 3.8) is 0 Å². The predicted octanol–water partition coefficient (Wildman–Crippen LogP) is -2.48. The summed E-state index contributed by atoms with van der Waals surface area (Å²) in [6.45, 7) is 1.64. The van der Waals surface area contributed by atoms with Gasteiger partial charge in [-0.25, -0.2) is 0 Å². The highest BCUT2D eigenvalue weighted by Gasteiger charge is 2.23. The Bertz CT molecular complexity index is 284. The molecular weight excluding hydrogens is 218 g/mol. The van der Waals surface area contributed by atoms with Gasteiger partial charge in [0, 0.05) is 37.4 Å². The van der Waals surface area contributed by atoms with Crippen LogP contribution >= 0.6 is 0 Å². The maximum Gasteiger partial charge on any atom is 0.289 e. The first kappa shape index (κ1) is 11.0. The van der Waals surface area contributed by atoms with Gasteiger partial charge in [-0.15, -0.1) is 4.13 Å². The fourth-order valence-corrected chi connectivity index (χ4v) is 2.80. The first-order chi connectivity index (χ1) is 6.02. The van der Waals surface area contributed by atoms with Crippen LogP contribution in [0.5, 0.6) is 0 Å². The van der Waals surface area contributed by atoms with Crippen molar-refractivity contribution in [1.82, 2.24) is 13.7 Å². The van der Waals surface area contributed by atoms with Gasteiger partial charge in [0.1, 0.15) is 0 Å². The first-order valence-electron chi connectivity index (χ1n) is 3.60. The molecule has 78 valence electrons. The molecule has 1 aliphatic rings. The molecule has 13 heavy (non-hydrogen) atoms. The Morgan fingerprint density at radius 1 is 1.38 bits per heavy atom. The lowest BCUT2D eigenvalue weighted by molar-refractivity contribution is 0.358. The molecule has 2 N–H and O–H groups in total. The third kappa shape index (κ3) is 3.29. The van der Waals surface area contributed by atoms with Gasteiger partial charge in [0.2, 0.25) is 0 Å². The highest BCUT2D eigenvalue weighted by Crippen LogP contribution is 1.99. The van der Waals surface area contributed by atoms with E-state index in [1.165, 1.54) is 4.13 Å². The second-order valence-electron chi connectivity index (χ2n) is 2.47. The first-order valence-corrected chi connectivity index (χ1v) is 6.11. The highest BCUT2D eigenvalue weighted by atomic mass is 32.3. The maximum atomic E-state index is 11.2. The summed E-state index contributed by atoms with van der Waals surface area (Å²) in [5, 5.41) is 2.95. The zero-order valence-corrected chi connectivity index (χ0v) is 8.36. The number of nitrogens with one attached hydrogen (secondary N) is 2. The van der Waals surface area contributed by atoms with E-state index in [9.17, 15) is 17.2 Å². The van der Waals surface area contributed by atoms with Crippen molar-refractivity contribution in [2.75, 3.05) is 26.2 Å². The van der Waals surface area contributed by atoms with Crippen molar-refractivity contribution in [3.05, 3.63) is 0 Å². The van der Waals surface area contributed by atoms with Crippen molar-refractivity contribution < 1.29 is 17.2 Å². The largest absolute Gasteiger partial charge is 0.759 e. The molecule has 0 amide bonds. The molecular formula is C4H10N3O4S2-. The van der Waals surface area contributed by atoms with Gasteiger partial charge < -0.3 is 9.87 Å². The molecule has 1 heterocycles. The fourth-order valence-electron chi connectivity index (χ4n) is 1.02. The number of hydrogen-bond acceptors (Lipinski definition) is 5. The lowest BCUT2D eigenvalue weighted by Gasteiger charge is -2.26. The van der Waals surface area contributed by atoms with E-state index >= 15 is 0 Å². The molecule has 1 fully saturated rings. The Labute approximate surface area is 79.1 Å². The van der Waals surface area contributed by atoms with E-state index in [1.807, 2.05) is 0 Å². The Hall–Kier alpha value is -0.0600. The summed E-state index contributed by atoms with van der Waals surface area (Å²) < 4.78 is 45.2. The molecule has 0 radical (unpaired) electrons. The average Bonchev–Trinajstić information content (AvgIpc) is 2.04. The van der Waals surface area contributed by atoms with Crippen LogP contribution in [-0.2, 0) is 21.5 Å². The van der Waals surface area contributed by atoms with Crippen molar-refractivity contribution in [2.24, 2.45) is 0 Å². The standard InChI is InChI=1S/C4H11N3O4S2/c8-12(9)6-13(10,11)7-3-1-5-2-4-7/h5-6H,1-4H2,(H,8,9)/p-1. The molecule has 1 rings (SSSR count). The van der Waals surface area contributed by atoms with Gasteiger partial charge in [0.25, 0.3) is 10.2 Å². The smallest absolute Gasteiger partial charge is 0.289 e. The second-order valence-corrected chi connectivity index (χ2v) is 5.07. The quantitative estimate of drug-likeness (QED) is 0.521. The highest BCUT2D eigenvalue weighted by molar-refractivity contribution is 7.98. The van der Waals surface area contributed by atoms with E-state index in [-0.39, 0.29) is 13.1 Å². The predicted molar refractivity (Wildman–Crippen MR) is 45.4 cm³/mol. The van der Waals surface area contributed by atoms with Gasteiger partial charge in [-0.05, 0) is 0 Å². The third-order valence-corrected chi connectivity index (χ3v) is 4.02. The summed E-state index contributed by atoms with van der Waals surface area (Å²) in [5.41, 5.74) is 0. The van der Waals surface area contributed by atoms with Gasteiger partial charge in [0.15, 0.2) is 0 Å². The lowest BCUT2D eigenvalue weighted by atomic mass is 10.4. The Morgan fingerprint density at radius 2 is 1.92 bits per heavy atom. The Morgan fingerprint density at radius 3 is 2.38 bits per heavy atom. The Kier molecular flexibility index (Phi) is 3.76. The summed E-state index contributed by atoms with van der Waals surface area (Å²) in [6, 6.07) is 0. The van der Waals surface area contributed by atoms with E-state index in [0.717, 1.165) is 4.31 Å². The molecule has 1 atom stereocenters. The zero-order chi connectivity index (χ0) is 9.90. The third-order valence-electron chi connectivity index (χ3n) is 1.59. The molecule has 1 saturated heterocycles. The topological polar surface area (TPSA) is 102 Å². The van der Waals surface area contributed by atoms with Crippen LogP contribution < -0.4 is 9.44 Å². The molecule has 0 bridgehead atoms. The van der Waals surface area contributed by atoms with Crippen LogP contribution in [0.2, 0.25) is 0 Å². The van der Waals surface area contributed by atoms with Crippen LogP contribution in [0.1, 0.15) is 0 Å². The van der Waals surface area contributed by atoms with Crippen LogP contribution in [0.15, 0.2) is 0 Å². The van der Waals surface area contributed by atoms with Crippen molar-refractivity contribution in [2.45, 2.75) is 0 Å². The number of nitrogens with zero attached hydrogens (tertiary/aromatic N) is 1. The normalized spacial score (nSPS) is 22.8. The van der Waals surface area contributed by atoms with E-state index in [0.29, 0.717) is 13.1 Å². The van der Waals surface area contributed by atoms with Crippen LogP contribution in [0.25, 0.3) is 0 Å².